The van der Waals surface area contributed by atoms with Crippen molar-refractivity contribution >= 4 is 43.6 Å². The van der Waals surface area contributed by atoms with Crippen molar-refractivity contribution in [1.82, 2.24) is 24.1 Å². The van der Waals surface area contributed by atoms with E-state index in [0.29, 0.717) is 34.2 Å². The van der Waals surface area contributed by atoms with E-state index in [1.807, 2.05) is 146 Å². The molecule has 0 atom stereocenters. The zero-order valence-corrected chi connectivity index (χ0v) is 36.2. The monoisotopic (exact) mass is 866 g/mol. The molecule has 0 N–H and O–H groups in total. The molecule has 9 aromatic carbocycles. The molecule has 0 saturated heterocycles. The molecule has 8 nitrogen and oxygen atoms in total. The number of nitriles is 3. The van der Waals surface area contributed by atoms with E-state index in [2.05, 4.69) is 88.0 Å². The van der Waals surface area contributed by atoms with Gasteiger partial charge < -0.3 is 9.13 Å². The summed E-state index contributed by atoms with van der Waals surface area (Å²) in [6.45, 7) is 0. The number of rotatable bonds is 7. The largest absolute Gasteiger partial charge is 0.309 e. The van der Waals surface area contributed by atoms with Gasteiger partial charge in [0.25, 0.3) is 0 Å². The van der Waals surface area contributed by atoms with E-state index in [-0.39, 0.29) is 0 Å². The highest BCUT2D eigenvalue weighted by atomic mass is 15.0. The zero-order chi connectivity index (χ0) is 45.7. The number of aromatic nitrogens is 5. The van der Waals surface area contributed by atoms with Gasteiger partial charge in [-0.2, -0.15) is 15.8 Å². The molecular weight excluding hydrogens is 833 g/mol. The van der Waals surface area contributed by atoms with Crippen LogP contribution in [-0.2, 0) is 0 Å². The minimum atomic E-state index is 0.481. The van der Waals surface area contributed by atoms with Gasteiger partial charge in [-0.25, -0.2) is 15.0 Å². The Morgan fingerprint density at radius 1 is 0.324 bits per heavy atom. The molecule has 0 amide bonds. The second-order valence-corrected chi connectivity index (χ2v) is 16.6. The van der Waals surface area contributed by atoms with Gasteiger partial charge in [-0.05, 0) is 102 Å². The first kappa shape index (κ1) is 39.6. The van der Waals surface area contributed by atoms with Crippen molar-refractivity contribution in [2.45, 2.75) is 0 Å². The van der Waals surface area contributed by atoms with Crippen molar-refractivity contribution in [1.29, 1.82) is 15.8 Å². The number of nitrogens with zero attached hydrogens (tertiary/aromatic N) is 8. The Hall–Kier alpha value is -9.94. The lowest BCUT2D eigenvalue weighted by Crippen LogP contribution is -2.04. The molecule has 3 heterocycles. The van der Waals surface area contributed by atoms with E-state index in [1.165, 1.54) is 0 Å². The van der Waals surface area contributed by atoms with Crippen LogP contribution in [0.15, 0.2) is 206 Å². The third-order valence-corrected chi connectivity index (χ3v) is 12.7. The molecule has 8 heteroatoms. The van der Waals surface area contributed by atoms with Crippen LogP contribution in [0.1, 0.15) is 16.7 Å². The average Bonchev–Trinajstić information content (AvgIpc) is 3.92. The van der Waals surface area contributed by atoms with Crippen molar-refractivity contribution in [3.8, 4) is 86.0 Å². The van der Waals surface area contributed by atoms with Gasteiger partial charge in [-0.15, -0.1) is 0 Å². The maximum Gasteiger partial charge on any atom is 0.164 e. The lowest BCUT2D eigenvalue weighted by molar-refractivity contribution is 1.07. The highest BCUT2D eigenvalue weighted by Crippen LogP contribution is 2.44. The number of para-hydroxylation sites is 2. The van der Waals surface area contributed by atoms with Crippen LogP contribution in [0.4, 0.5) is 0 Å². The molecule has 0 saturated carbocycles. The Kier molecular flexibility index (Phi) is 9.47. The normalized spacial score (nSPS) is 11.2. The van der Waals surface area contributed by atoms with Gasteiger partial charge in [0, 0.05) is 49.5 Å². The Morgan fingerprint density at radius 2 is 0.853 bits per heavy atom. The van der Waals surface area contributed by atoms with E-state index in [1.54, 1.807) is 0 Å². The van der Waals surface area contributed by atoms with Crippen molar-refractivity contribution in [2.75, 3.05) is 0 Å². The first-order chi connectivity index (χ1) is 33.6. The van der Waals surface area contributed by atoms with Crippen LogP contribution in [-0.4, -0.2) is 24.1 Å². The van der Waals surface area contributed by atoms with Gasteiger partial charge in [0.2, 0.25) is 0 Å². The SMILES string of the molecule is N#Cc1ccc2c(c1)c1ccccc1n2-c1ccc(-c2nc(-c3ccccc3)nc(-c3ccccc3)n2)c(-c2cc(-c3ccccc3C#N)ccc2-n2c3ccccc3c3cc(C#N)ccc32)c1. The topological polar surface area (TPSA) is 120 Å². The Labute approximate surface area is 390 Å². The number of hydrogen-bond acceptors (Lipinski definition) is 6. The molecule has 0 fully saturated rings. The molecule has 0 aliphatic rings. The van der Waals surface area contributed by atoms with E-state index in [9.17, 15) is 15.8 Å². The van der Waals surface area contributed by atoms with Crippen molar-refractivity contribution in [3.05, 3.63) is 223 Å². The first-order valence-corrected chi connectivity index (χ1v) is 22.1. The van der Waals surface area contributed by atoms with Gasteiger partial charge in [0.15, 0.2) is 17.5 Å². The Morgan fingerprint density at radius 3 is 1.47 bits per heavy atom. The third kappa shape index (κ3) is 6.55. The summed E-state index contributed by atoms with van der Waals surface area (Å²) in [6, 6.07) is 75.6. The van der Waals surface area contributed by atoms with Crippen LogP contribution in [0.25, 0.3) is 111 Å². The van der Waals surface area contributed by atoms with E-state index >= 15 is 0 Å². The zero-order valence-electron chi connectivity index (χ0n) is 36.2. The van der Waals surface area contributed by atoms with Crippen LogP contribution in [0.5, 0.6) is 0 Å². The van der Waals surface area contributed by atoms with Gasteiger partial charge in [-0.1, -0.05) is 121 Å². The van der Waals surface area contributed by atoms with Crippen molar-refractivity contribution in [3.63, 3.8) is 0 Å². The summed E-state index contributed by atoms with van der Waals surface area (Å²) < 4.78 is 4.51. The van der Waals surface area contributed by atoms with Crippen LogP contribution >= 0.6 is 0 Å². The van der Waals surface area contributed by atoms with Gasteiger partial charge >= 0.3 is 0 Å². The molecule has 12 aromatic rings. The molecule has 0 bridgehead atoms. The summed E-state index contributed by atoms with van der Waals surface area (Å²) in [5, 5.41) is 34.4. The predicted molar refractivity (Wildman–Crippen MR) is 270 cm³/mol. The summed E-state index contributed by atoms with van der Waals surface area (Å²) in [6.07, 6.45) is 0. The Balaban J connectivity index is 1.23. The lowest BCUT2D eigenvalue weighted by atomic mass is 9.92. The van der Waals surface area contributed by atoms with E-state index < -0.39 is 0 Å². The highest BCUT2D eigenvalue weighted by molar-refractivity contribution is 6.11. The van der Waals surface area contributed by atoms with Crippen LogP contribution in [0.2, 0.25) is 0 Å². The Bertz CT molecular complexity index is 4070. The van der Waals surface area contributed by atoms with Crippen LogP contribution < -0.4 is 0 Å². The fourth-order valence-corrected chi connectivity index (χ4v) is 9.59. The molecule has 3 aromatic heterocycles. The number of benzene rings is 9. The fraction of sp³-hybridized carbons (Fsp3) is 0. The molecule has 0 spiro atoms. The molecule has 68 heavy (non-hydrogen) atoms. The van der Waals surface area contributed by atoms with Gasteiger partial charge in [0.1, 0.15) is 0 Å². The maximum atomic E-state index is 10.4. The van der Waals surface area contributed by atoms with Crippen molar-refractivity contribution < 1.29 is 0 Å². The summed E-state index contributed by atoms with van der Waals surface area (Å²) in [5.41, 5.74) is 13.1. The maximum absolute atomic E-state index is 10.4. The minimum absolute atomic E-state index is 0.481. The molecule has 0 radical (unpaired) electrons. The van der Waals surface area contributed by atoms with Gasteiger partial charge in [0.05, 0.1) is 62.7 Å². The molecule has 314 valence electrons. The second-order valence-electron chi connectivity index (χ2n) is 16.6. The van der Waals surface area contributed by atoms with E-state index in [0.717, 1.165) is 93.9 Å². The highest BCUT2D eigenvalue weighted by Gasteiger charge is 2.24. The molecular formula is C60H34N8. The molecule has 0 aliphatic carbocycles. The summed E-state index contributed by atoms with van der Waals surface area (Å²) in [4.78, 5) is 15.6. The van der Waals surface area contributed by atoms with Crippen LogP contribution in [0.3, 0.4) is 0 Å². The third-order valence-electron chi connectivity index (χ3n) is 12.7. The standard InChI is InChI=1S/C60H34N8/c61-35-38-23-28-55-50(31-38)46-19-9-11-21-53(46)67(55)44-26-27-48(60-65-58(40-13-3-1-4-14-40)64-59(66-60)41-15-5-2-6-16-41)49(34-44)52-33-42(45-18-8-7-17-43(45)37-63)25-30-57(52)68-54-22-12-10-20-47(54)51-32-39(36-62)24-29-56(51)68/h1-34H. The van der Waals surface area contributed by atoms with E-state index in [4.69, 9.17) is 15.0 Å². The summed E-state index contributed by atoms with van der Waals surface area (Å²) in [5.74, 6) is 1.55. The molecule has 12 rings (SSSR count). The fourth-order valence-electron chi connectivity index (χ4n) is 9.59. The second kappa shape index (κ2) is 16.2. The molecule has 0 unspecified atom stereocenters. The average molecular weight is 867 g/mol. The number of fused-ring (bicyclic) bond motifs is 6. The summed E-state index contributed by atoms with van der Waals surface area (Å²) >= 11 is 0. The smallest absolute Gasteiger partial charge is 0.164 e. The molecule has 0 aliphatic heterocycles. The minimum Gasteiger partial charge on any atom is -0.309 e. The predicted octanol–water partition coefficient (Wildman–Crippen LogP) is 14.0. The van der Waals surface area contributed by atoms with Crippen molar-refractivity contribution in [2.24, 2.45) is 0 Å². The quantitative estimate of drug-likeness (QED) is 0.157. The first-order valence-electron chi connectivity index (χ1n) is 22.1. The lowest BCUT2D eigenvalue weighted by Gasteiger charge is -2.20. The van der Waals surface area contributed by atoms with Gasteiger partial charge in [-0.3, -0.25) is 0 Å². The summed E-state index contributed by atoms with van der Waals surface area (Å²) in [7, 11) is 0. The number of hydrogen-bond donors (Lipinski definition) is 0. The van der Waals surface area contributed by atoms with Crippen LogP contribution in [0, 0.1) is 34.0 Å².